The van der Waals surface area contributed by atoms with Gasteiger partial charge in [0.1, 0.15) is 23.2 Å². The molecule has 0 aliphatic carbocycles. The Morgan fingerprint density at radius 1 is 0.882 bits per heavy atom. The SMILES string of the molecule is Cc1ccc(N2C(=O)[C@@H](N3C(=O)c4cccc([N+](=O)[O-])c4C3=O)[C@H]2c2ccc(F)cc2)cc1F. The molecule has 0 radical (unpaired) electrons. The summed E-state index contributed by atoms with van der Waals surface area (Å²) in [7, 11) is 0. The first-order valence-electron chi connectivity index (χ1n) is 10.2. The lowest BCUT2D eigenvalue weighted by atomic mass is 9.86. The van der Waals surface area contributed by atoms with Gasteiger partial charge < -0.3 is 4.90 Å². The van der Waals surface area contributed by atoms with Gasteiger partial charge in [-0.3, -0.25) is 29.4 Å². The summed E-state index contributed by atoms with van der Waals surface area (Å²) in [5.41, 5.74) is -0.146. The summed E-state index contributed by atoms with van der Waals surface area (Å²) >= 11 is 0. The lowest BCUT2D eigenvalue weighted by Gasteiger charge is -2.49. The minimum Gasteiger partial charge on any atom is -0.300 e. The van der Waals surface area contributed by atoms with Gasteiger partial charge in [-0.05, 0) is 48.4 Å². The van der Waals surface area contributed by atoms with Crippen molar-refractivity contribution in [1.29, 1.82) is 0 Å². The van der Waals surface area contributed by atoms with E-state index in [1.165, 1.54) is 41.3 Å². The average molecular weight is 463 g/mol. The van der Waals surface area contributed by atoms with Crippen LogP contribution in [0.2, 0.25) is 0 Å². The van der Waals surface area contributed by atoms with Crippen LogP contribution in [-0.2, 0) is 4.79 Å². The van der Waals surface area contributed by atoms with E-state index < -0.39 is 52.1 Å². The molecule has 10 heteroatoms. The third kappa shape index (κ3) is 2.99. The molecule has 2 heterocycles. The monoisotopic (exact) mass is 463 g/mol. The molecule has 170 valence electrons. The standard InChI is InChI=1S/C24H15F2N3O5/c1-12-5-10-15(11-17(12)26)27-20(13-6-8-14(25)9-7-13)21(24(27)32)28-22(30)16-3-2-4-18(29(33)34)19(16)23(28)31/h2-11,20-21H,1H3/t20-,21+/m1/s1. The highest BCUT2D eigenvalue weighted by Gasteiger charge is 2.58. The quantitative estimate of drug-likeness (QED) is 0.253. The second-order valence-electron chi connectivity index (χ2n) is 8.02. The number of nitro groups is 1. The zero-order chi connectivity index (χ0) is 24.3. The molecule has 5 rings (SSSR count). The van der Waals surface area contributed by atoms with Crippen LogP contribution in [0.15, 0.2) is 60.7 Å². The summed E-state index contributed by atoms with van der Waals surface area (Å²) in [5.74, 6) is -3.57. The van der Waals surface area contributed by atoms with Crippen molar-refractivity contribution in [2.45, 2.75) is 19.0 Å². The lowest BCUT2D eigenvalue weighted by molar-refractivity contribution is -0.385. The van der Waals surface area contributed by atoms with Crippen LogP contribution in [0.1, 0.15) is 37.9 Å². The van der Waals surface area contributed by atoms with E-state index in [4.69, 9.17) is 0 Å². The number of benzene rings is 3. The first-order valence-corrected chi connectivity index (χ1v) is 10.2. The Hall–Kier alpha value is -4.47. The van der Waals surface area contributed by atoms with E-state index in [9.17, 15) is 33.3 Å². The number of fused-ring (bicyclic) bond motifs is 1. The molecule has 0 aromatic heterocycles. The molecular weight excluding hydrogens is 448 g/mol. The van der Waals surface area contributed by atoms with Crippen LogP contribution in [0, 0.1) is 28.7 Å². The van der Waals surface area contributed by atoms with Gasteiger partial charge in [0, 0.05) is 11.8 Å². The number of hydrogen-bond donors (Lipinski definition) is 0. The number of aryl methyl sites for hydroxylation is 1. The van der Waals surface area contributed by atoms with Crippen LogP contribution in [-0.4, -0.2) is 33.6 Å². The third-order valence-corrected chi connectivity index (χ3v) is 6.11. The Balaban J connectivity index is 1.61. The molecule has 34 heavy (non-hydrogen) atoms. The van der Waals surface area contributed by atoms with E-state index in [1.807, 2.05) is 0 Å². The molecule has 0 N–H and O–H groups in total. The summed E-state index contributed by atoms with van der Waals surface area (Å²) in [4.78, 5) is 52.2. The van der Waals surface area contributed by atoms with Gasteiger partial charge in [-0.15, -0.1) is 0 Å². The Morgan fingerprint density at radius 2 is 1.59 bits per heavy atom. The van der Waals surface area contributed by atoms with Crippen molar-refractivity contribution in [3.8, 4) is 0 Å². The van der Waals surface area contributed by atoms with Crippen molar-refractivity contribution in [3.05, 3.63) is 105 Å². The van der Waals surface area contributed by atoms with Crippen LogP contribution < -0.4 is 4.90 Å². The number of hydrogen-bond acceptors (Lipinski definition) is 5. The third-order valence-electron chi connectivity index (χ3n) is 6.11. The summed E-state index contributed by atoms with van der Waals surface area (Å²) in [6, 6.07) is 10.7. The van der Waals surface area contributed by atoms with Crippen molar-refractivity contribution >= 4 is 29.1 Å². The Labute approximate surface area is 191 Å². The molecule has 2 aliphatic heterocycles. The fourth-order valence-electron chi connectivity index (χ4n) is 4.43. The Morgan fingerprint density at radius 3 is 2.24 bits per heavy atom. The maximum absolute atomic E-state index is 14.3. The van der Waals surface area contributed by atoms with Crippen LogP contribution in [0.4, 0.5) is 20.2 Å². The van der Waals surface area contributed by atoms with Gasteiger partial charge in [-0.1, -0.05) is 24.3 Å². The van der Waals surface area contributed by atoms with E-state index in [-0.39, 0.29) is 16.8 Å². The maximum Gasteiger partial charge on any atom is 0.282 e. The zero-order valence-corrected chi connectivity index (χ0v) is 17.6. The van der Waals surface area contributed by atoms with Gasteiger partial charge in [-0.25, -0.2) is 8.78 Å². The van der Waals surface area contributed by atoms with E-state index in [2.05, 4.69) is 0 Å². The average Bonchev–Trinajstić information content (AvgIpc) is 3.05. The number of imide groups is 1. The fraction of sp³-hybridized carbons (Fsp3) is 0.125. The molecule has 1 saturated heterocycles. The minimum absolute atomic E-state index is 0.176. The molecule has 0 bridgehead atoms. The second-order valence-corrected chi connectivity index (χ2v) is 8.02. The molecule has 0 spiro atoms. The highest BCUT2D eigenvalue weighted by Crippen LogP contribution is 2.45. The predicted molar refractivity (Wildman–Crippen MR) is 115 cm³/mol. The second kappa shape index (κ2) is 7.55. The predicted octanol–water partition coefficient (Wildman–Crippen LogP) is 3.93. The van der Waals surface area contributed by atoms with E-state index >= 15 is 0 Å². The van der Waals surface area contributed by atoms with Gasteiger partial charge in [-0.2, -0.15) is 0 Å². The number of amides is 3. The Bertz CT molecular complexity index is 1410. The molecule has 0 saturated carbocycles. The topological polar surface area (TPSA) is 101 Å². The number of rotatable bonds is 4. The Kier molecular flexibility index (Phi) is 4.75. The molecule has 3 aromatic rings. The first-order chi connectivity index (χ1) is 16.2. The molecule has 1 fully saturated rings. The number of carbonyl (C=O) groups excluding carboxylic acids is 3. The first kappa shape index (κ1) is 21.4. The van der Waals surface area contributed by atoms with E-state index in [0.717, 1.165) is 24.3 Å². The molecule has 0 unspecified atom stereocenters. The number of nitro benzene ring substituents is 1. The highest BCUT2D eigenvalue weighted by molar-refractivity contribution is 6.26. The van der Waals surface area contributed by atoms with Gasteiger partial charge in [0.05, 0.1) is 16.5 Å². The summed E-state index contributed by atoms with van der Waals surface area (Å²) in [6.45, 7) is 1.56. The van der Waals surface area contributed by atoms with Crippen molar-refractivity contribution < 1.29 is 28.1 Å². The minimum atomic E-state index is -1.35. The zero-order valence-electron chi connectivity index (χ0n) is 17.6. The number of carbonyl (C=O) groups is 3. The number of anilines is 1. The normalized spacial score (nSPS) is 19.3. The number of halogens is 2. The van der Waals surface area contributed by atoms with Gasteiger partial charge in [0.15, 0.2) is 0 Å². The molecule has 2 atom stereocenters. The molecule has 3 aromatic carbocycles. The number of β-lactam (4-membered cyclic amide) rings is 1. The smallest absolute Gasteiger partial charge is 0.282 e. The van der Waals surface area contributed by atoms with E-state index in [1.54, 1.807) is 6.92 Å². The van der Waals surface area contributed by atoms with Gasteiger partial charge >= 0.3 is 0 Å². The van der Waals surface area contributed by atoms with Gasteiger partial charge in [0.2, 0.25) is 0 Å². The van der Waals surface area contributed by atoms with Crippen molar-refractivity contribution in [1.82, 2.24) is 4.90 Å². The van der Waals surface area contributed by atoms with Crippen LogP contribution in [0.25, 0.3) is 0 Å². The van der Waals surface area contributed by atoms with Crippen molar-refractivity contribution in [2.75, 3.05) is 4.90 Å². The maximum atomic E-state index is 14.3. The van der Waals surface area contributed by atoms with E-state index in [0.29, 0.717) is 16.0 Å². The van der Waals surface area contributed by atoms with Crippen LogP contribution in [0.3, 0.4) is 0 Å². The highest BCUT2D eigenvalue weighted by atomic mass is 19.1. The molecule has 3 amide bonds. The van der Waals surface area contributed by atoms with Gasteiger partial charge in [0.25, 0.3) is 23.4 Å². The molecule has 8 nitrogen and oxygen atoms in total. The number of nitrogens with zero attached hydrogens (tertiary/aromatic N) is 3. The largest absolute Gasteiger partial charge is 0.300 e. The van der Waals surface area contributed by atoms with Crippen LogP contribution in [0.5, 0.6) is 0 Å². The summed E-state index contributed by atoms with van der Waals surface area (Å²) in [6.07, 6.45) is 0. The summed E-state index contributed by atoms with van der Waals surface area (Å²) in [5, 5.41) is 11.4. The summed E-state index contributed by atoms with van der Waals surface area (Å²) < 4.78 is 27.8. The van der Waals surface area contributed by atoms with Crippen molar-refractivity contribution in [3.63, 3.8) is 0 Å². The van der Waals surface area contributed by atoms with Crippen LogP contribution >= 0.6 is 0 Å². The van der Waals surface area contributed by atoms with Crippen molar-refractivity contribution in [2.24, 2.45) is 0 Å². The lowest BCUT2D eigenvalue weighted by Crippen LogP contribution is -2.67. The molecule has 2 aliphatic rings. The fourth-order valence-corrected chi connectivity index (χ4v) is 4.43. The molecular formula is C24H15F2N3O5.